The number of aromatic nitrogens is 3. The van der Waals surface area contributed by atoms with E-state index in [1.165, 1.54) is 0 Å². The Morgan fingerprint density at radius 1 is 1.33 bits per heavy atom. The summed E-state index contributed by atoms with van der Waals surface area (Å²) in [5.74, 6) is -3.86. The second kappa shape index (κ2) is 5.07. The lowest BCUT2D eigenvalue weighted by atomic mass is 10.3. The lowest BCUT2D eigenvalue weighted by Gasteiger charge is -2.15. The fraction of sp³-hybridized carbons (Fsp3) is 0.273. The molecule has 0 spiro atoms. The van der Waals surface area contributed by atoms with Crippen LogP contribution in [0, 0.1) is 17.6 Å². The summed E-state index contributed by atoms with van der Waals surface area (Å²) in [6.45, 7) is 2.27. The molecule has 2 rings (SSSR count). The standard InChI is InChI=1S/C11H11F3N4/c1-7(5-18-3-2-15-6-18)16-11-9(13)4-8(12)10(14)17-11/h2-4,6-7H,5H2,1H3,(H,16,17). The van der Waals surface area contributed by atoms with Gasteiger partial charge in [0.05, 0.1) is 6.33 Å². The third-order valence-corrected chi connectivity index (χ3v) is 2.31. The molecule has 0 aliphatic rings. The van der Waals surface area contributed by atoms with Crippen molar-refractivity contribution in [1.82, 2.24) is 14.5 Å². The Morgan fingerprint density at radius 2 is 2.11 bits per heavy atom. The molecule has 0 aliphatic heterocycles. The van der Waals surface area contributed by atoms with Gasteiger partial charge in [0.1, 0.15) is 0 Å². The van der Waals surface area contributed by atoms with Crippen molar-refractivity contribution in [2.24, 2.45) is 0 Å². The van der Waals surface area contributed by atoms with Crippen molar-refractivity contribution in [3.05, 3.63) is 42.4 Å². The molecular formula is C11H11F3N4. The number of hydrogen-bond acceptors (Lipinski definition) is 3. The van der Waals surface area contributed by atoms with Gasteiger partial charge in [0.25, 0.3) is 5.95 Å². The van der Waals surface area contributed by atoms with Crippen LogP contribution in [0.3, 0.4) is 0 Å². The Morgan fingerprint density at radius 3 is 2.78 bits per heavy atom. The topological polar surface area (TPSA) is 42.7 Å². The number of rotatable bonds is 4. The van der Waals surface area contributed by atoms with Crippen LogP contribution in [0.5, 0.6) is 0 Å². The Labute approximate surface area is 101 Å². The van der Waals surface area contributed by atoms with Crippen molar-refractivity contribution in [3.8, 4) is 0 Å². The summed E-state index contributed by atoms with van der Waals surface area (Å²) in [6, 6.07) is 0.250. The molecule has 18 heavy (non-hydrogen) atoms. The molecule has 0 aliphatic carbocycles. The summed E-state index contributed by atoms with van der Waals surface area (Å²) in [5, 5.41) is 2.68. The highest BCUT2D eigenvalue weighted by atomic mass is 19.2. The van der Waals surface area contributed by atoms with Gasteiger partial charge in [-0.05, 0) is 6.92 Å². The van der Waals surface area contributed by atoms with Crippen LogP contribution in [0.2, 0.25) is 0 Å². The van der Waals surface area contributed by atoms with E-state index >= 15 is 0 Å². The van der Waals surface area contributed by atoms with Crippen molar-refractivity contribution in [2.75, 3.05) is 5.32 Å². The predicted molar refractivity (Wildman–Crippen MR) is 59.4 cm³/mol. The van der Waals surface area contributed by atoms with Crippen LogP contribution >= 0.6 is 0 Å². The molecule has 0 fully saturated rings. The van der Waals surface area contributed by atoms with Crippen LogP contribution in [0.1, 0.15) is 6.92 Å². The van der Waals surface area contributed by atoms with E-state index in [1.54, 1.807) is 30.2 Å². The summed E-state index contributed by atoms with van der Waals surface area (Å²) in [6.07, 6.45) is 4.96. The van der Waals surface area contributed by atoms with Crippen molar-refractivity contribution >= 4 is 5.82 Å². The molecule has 2 aromatic rings. The minimum Gasteiger partial charge on any atom is -0.363 e. The zero-order valence-corrected chi connectivity index (χ0v) is 9.57. The van der Waals surface area contributed by atoms with Crippen molar-refractivity contribution in [1.29, 1.82) is 0 Å². The summed E-state index contributed by atoms with van der Waals surface area (Å²) in [4.78, 5) is 7.05. The predicted octanol–water partition coefficient (Wildman–Crippen LogP) is 2.20. The van der Waals surface area contributed by atoms with Crippen molar-refractivity contribution < 1.29 is 13.2 Å². The number of nitrogens with zero attached hydrogens (tertiary/aromatic N) is 3. The monoisotopic (exact) mass is 256 g/mol. The average Bonchev–Trinajstić information content (AvgIpc) is 2.78. The highest BCUT2D eigenvalue weighted by Crippen LogP contribution is 2.15. The Kier molecular flexibility index (Phi) is 3.50. The zero-order chi connectivity index (χ0) is 13.1. The van der Waals surface area contributed by atoms with Crippen LogP contribution in [0.25, 0.3) is 0 Å². The first-order valence-corrected chi connectivity index (χ1v) is 5.30. The van der Waals surface area contributed by atoms with Gasteiger partial charge in [-0.15, -0.1) is 0 Å². The van der Waals surface area contributed by atoms with Gasteiger partial charge in [-0.2, -0.15) is 9.37 Å². The second-order valence-electron chi connectivity index (χ2n) is 3.90. The largest absolute Gasteiger partial charge is 0.363 e. The number of imidazole rings is 1. The van der Waals surface area contributed by atoms with Gasteiger partial charge in [-0.3, -0.25) is 0 Å². The summed E-state index contributed by atoms with van der Waals surface area (Å²) in [5.41, 5.74) is 0. The molecule has 0 saturated heterocycles. The Hall–Kier alpha value is -2.05. The first-order chi connectivity index (χ1) is 8.56. The van der Waals surface area contributed by atoms with E-state index in [0.29, 0.717) is 12.6 Å². The molecule has 0 aromatic carbocycles. The van der Waals surface area contributed by atoms with E-state index in [-0.39, 0.29) is 11.9 Å². The fourth-order valence-electron chi connectivity index (χ4n) is 1.54. The highest BCUT2D eigenvalue weighted by Gasteiger charge is 2.13. The molecule has 1 N–H and O–H groups in total. The highest BCUT2D eigenvalue weighted by molar-refractivity contribution is 5.37. The van der Waals surface area contributed by atoms with Gasteiger partial charge in [-0.25, -0.2) is 13.8 Å². The maximum atomic E-state index is 13.3. The van der Waals surface area contributed by atoms with Crippen LogP contribution in [0.15, 0.2) is 24.8 Å². The van der Waals surface area contributed by atoms with Crippen LogP contribution in [0.4, 0.5) is 19.0 Å². The molecule has 0 radical (unpaired) electrons. The molecule has 96 valence electrons. The molecule has 0 bridgehead atoms. The molecule has 0 amide bonds. The van der Waals surface area contributed by atoms with Gasteiger partial charge < -0.3 is 9.88 Å². The lowest BCUT2D eigenvalue weighted by molar-refractivity contribution is 0.464. The molecule has 4 nitrogen and oxygen atoms in total. The van der Waals surface area contributed by atoms with E-state index in [9.17, 15) is 13.2 Å². The van der Waals surface area contributed by atoms with Gasteiger partial charge in [0.2, 0.25) is 0 Å². The maximum Gasteiger partial charge on any atom is 0.251 e. The molecule has 0 saturated carbocycles. The molecular weight excluding hydrogens is 245 g/mol. The number of anilines is 1. The first kappa shape index (κ1) is 12.4. The van der Waals surface area contributed by atoms with Gasteiger partial charge in [-0.1, -0.05) is 0 Å². The molecule has 2 aromatic heterocycles. The number of nitrogens with one attached hydrogen (secondary N) is 1. The average molecular weight is 256 g/mol. The molecule has 7 heteroatoms. The maximum absolute atomic E-state index is 13.3. The molecule has 1 unspecified atom stereocenters. The minimum absolute atomic E-state index is 0.217. The SMILES string of the molecule is CC(Cn1ccnc1)Nc1nc(F)c(F)cc1F. The van der Waals surface area contributed by atoms with Gasteiger partial charge in [0, 0.05) is 31.0 Å². The van der Waals surface area contributed by atoms with Crippen molar-refractivity contribution in [3.63, 3.8) is 0 Å². The number of hydrogen-bond donors (Lipinski definition) is 1. The third kappa shape index (κ3) is 2.79. The Bertz CT molecular complexity index is 527. The normalized spacial score (nSPS) is 12.4. The minimum atomic E-state index is -1.33. The van der Waals surface area contributed by atoms with E-state index < -0.39 is 17.6 Å². The summed E-state index contributed by atoms with van der Waals surface area (Å²) >= 11 is 0. The second-order valence-corrected chi connectivity index (χ2v) is 3.90. The van der Waals surface area contributed by atoms with Gasteiger partial charge in [0.15, 0.2) is 17.5 Å². The van der Waals surface area contributed by atoms with Crippen LogP contribution in [-0.4, -0.2) is 20.6 Å². The first-order valence-electron chi connectivity index (χ1n) is 5.30. The van der Waals surface area contributed by atoms with Crippen LogP contribution < -0.4 is 5.32 Å². The zero-order valence-electron chi connectivity index (χ0n) is 9.57. The third-order valence-electron chi connectivity index (χ3n) is 2.31. The number of pyridine rings is 1. The van der Waals surface area contributed by atoms with E-state index in [4.69, 9.17) is 0 Å². The van der Waals surface area contributed by atoms with E-state index in [2.05, 4.69) is 15.3 Å². The fourth-order valence-corrected chi connectivity index (χ4v) is 1.54. The molecule has 2 heterocycles. The Balaban J connectivity index is 2.07. The van der Waals surface area contributed by atoms with Crippen molar-refractivity contribution in [2.45, 2.75) is 19.5 Å². The summed E-state index contributed by atoms with van der Waals surface area (Å²) < 4.78 is 40.7. The van der Waals surface area contributed by atoms with E-state index in [0.717, 1.165) is 0 Å². The van der Waals surface area contributed by atoms with Crippen LogP contribution in [-0.2, 0) is 6.54 Å². The van der Waals surface area contributed by atoms with E-state index in [1.807, 2.05) is 0 Å². The summed E-state index contributed by atoms with van der Waals surface area (Å²) in [7, 11) is 0. The van der Waals surface area contributed by atoms with Gasteiger partial charge >= 0.3 is 0 Å². The smallest absolute Gasteiger partial charge is 0.251 e. The quantitative estimate of drug-likeness (QED) is 0.853. The molecule has 1 atom stereocenters. The lowest BCUT2D eigenvalue weighted by Crippen LogP contribution is -2.23. The number of halogens is 3.